The molecule has 0 saturated heterocycles. The number of aromatic amines is 2. The first-order valence-corrected chi connectivity index (χ1v) is 12.5. The summed E-state index contributed by atoms with van der Waals surface area (Å²) in [7, 11) is 0. The van der Waals surface area contributed by atoms with Gasteiger partial charge in [-0.3, -0.25) is 19.9 Å². The molecule has 1 amide bonds. The van der Waals surface area contributed by atoms with Gasteiger partial charge in [0.2, 0.25) is 5.91 Å². The van der Waals surface area contributed by atoms with Crippen molar-refractivity contribution in [2.75, 3.05) is 5.32 Å². The number of aromatic nitrogens is 6. The normalized spacial score (nSPS) is 11.4. The van der Waals surface area contributed by atoms with E-state index in [2.05, 4.69) is 60.6 Å². The van der Waals surface area contributed by atoms with E-state index < -0.39 is 0 Å². The topological polar surface area (TPSA) is 112 Å². The number of carbonyl (C=O) groups excluding carboxylic acids is 1. The first-order valence-electron chi connectivity index (χ1n) is 11.7. The van der Waals surface area contributed by atoms with Crippen molar-refractivity contribution >= 4 is 44.9 Å². The summed E-state index contributed by atoms with van der Waals surface area (Å²) in [5.74, 6) is -0.0208. The van der Waals surface area contributed by atoms with Gasteiger partial charge >= 0.3 is 0 Å². The van der Waals surface area contributed by atoms with Crippen LogP contribution in [0, 0.1) is 6.92 Å². The molecule has 0 fully saturated rings. The molecule has 3 N–H and O–H groups in total. The van der Waals surface area contributed by atoms with Crippen molar-refractivity contribution in [3.05, 3.63) is 66.2 Å². The molecule has 6 heterocycles. The largest absolute Gasteiger partial charge is 0.352 e. The zero-order chi connectivity index (χ0) is 24.6. The van der Waals surface area contributed by atoms with Crippen LogP contribution in [0.5, 0.6) is 0 Å². The number of fused-ring (bicyclic) bond motifs is 2. The second-order valence-corrected chi connectivity index (χ2v) is 9.98. The van der Waals surface area contributed by atoms with Gasteiger partial charge in [-0.05, 0) is 43.7 Å². The van der Waals surface area contributed by atoms with E-state index in [0.717, 1.165) is 50.8 Å². The molecule has 178 valence electrons. The molecule has 0 atom stereocenters. The summed E-state index contributed by atoms with van der Waals surface area (Å²) in [5.41, 5.74) is 6.86. The molecule has 6 aromatic heterocycles. The third kappa shape index (κ3) is 4.03. The second-order valence-electron chi connectivity index (χ2n) is 8.70. The van der Waals surface area contributed by atoms with E-state index in [9.17, 15) is 4.79 Å². The molecule has 6 aromatic rings. The SMILES string of the molecule is CCCC(=O)Nc1cncc(-c2cnc3n[nH]c(-c4cc5c(-c6ccc(C)s6)cncc5[nH]4)c3c2)c1. The Balaban J connectivity index is 1.40. The zero-order valence-electron chi connectivity index (χ0n) is 19.8. The van der Waals surface area contributed by atoms with E-state index in [-0.39, 0.29) is 5.91 Å². The maximum atomic E-state index is 12.0. The molecule has 0 spiro atoms. The summed E-state index contributed by atoms with van der Waals surface area (Å²) < 4.78 is 0. The Morgan fingerprint density at radius 1 is 1.00 bits per heavy atom. The van der Waals surface area contributed by atoms with Crippen molar-refractivity contribution in [1.29, 1.82) is 0 Å². The molecular weight excluding hydrogens is 470 g/mol. The highest BCUT2D eigenvalue weighted by molar-refractivity contribution is 7.15. The molecule has 36 heavy (non-hydrogen) atoms. The molecule has 9 heteroatoms. The highest BCUT2D eigenvalue weighted by Gasteiger charge is 2.16. The maximum Gasteiger partial charge on any atom is 0.224 e. The summed E-state index contributed by atoms with van der Waals surface area (Å²) in [6, 6.07) is 10.3. The lowest BCUT2D eigenvalue weighted by atomic mass is 10.1. The quantitative estimate of drug-likeness (QED) is 0.251. The van der Waals surface area contributed by atoms with Gasteiger partial charge in [0, 0.05) is 62.2 Å². The van der Waals surface area contributed by atoms with E-state index >= 15 is 0 Å². The van der Waals surface area contributed by atoms with Gasteiger partial charge in [0.25, 0.3) is 0 Å². The molecule has 0 unspecified atom stereocenters. The number of nitrogens with one attached hydrogen (secondary N) is 3. The highest BCUT2D eigenvalue weighted by Crippen LogP contribution is 2.36. The number of nitrogens with zero attached hydrogens (tertiary/aromatic N) is 4. The van der Waals surface area contributed by atoms with Crippen molar-refractivity contribution in [2.45, 2.75) is 26.7 Å². The van der Waals surface area contributed by atoms with Crippen LogP contribution in [0.1, 0.15) is 24.6 Å². The van der Waals surface area contributed by atoms with Crippen LogP contribution in [-0.2, 0) is 4.79 Å². The molecule has 0 radical (unpaired) electrons. The monoisotopic (exact) mass is 493 g/mol. The van der Waals surface area contributed by atoms with Gasteiger partial charge in [0.1, 0.15) is 0 Å². The standard InChI is InChI=1S/C27H23N7OS/c1-3-4-25(35)31-18-7-16(10-28-12-18)17-8-20-26(33-34-27(20)30-11-17)22-9-19-21(13-29-14-23(19)32-22)24-6-5-15(2)36-24/h5-14,32H,3-4H2,1-2H3,(H,31,35)(H,30,33,34). The lowest BCUT2D eigenvalue weighted by Crippen LogP contribution is -2.10. The van der Waals surface area contributed by atoms with Crippen LogP contribution in [0.3, 0.4) is 0 Å². The van der Waals surface area contributed by atoms with Crippen LogP contribution in [0.25, 0.3) is 54.9 Å². The smallest absolute Gasteiger partial charge is 0.224 e. The summed E-state index contributed by atoms with van der Waals surface area (Å²) in [4.78, 5) is 31.3. The van der Waals surface area contributed by atoms with Gasteiger partial charge in [-0.15, -0.1) is 11.3 Å². The highest BCUT2D eigenvalue weighted by atomic mass is 32.1. The lowest BCUT2D eigenvalue weighted by molar-refractivity contribution is -0.116. The first-order chi connectivity index (χ1) is 17.6. The number of anilines is 1. The summed E-state index contributed by atoms with van der Waals surface area (Å²) >= 11 is 1.76. The minimum atomic E-state index is -0.0208. The fourth-order valence-electron chi connectivity index (χ4n) is 4.34. The molecule has 6 rings (SSSR count). The Labute approximate surface area is 210 Å². The lowest BCUT2D eigenvalue weighted by Gasteiger charge is -2.07. The number of aryl methyl sites for hydroxylation is 1. The second kappa shape index (κ2) is 9.01. The third-order valence-electron chi connectivity index (χ3n) is 6.06. The maximum absolute atomic E-state index is 12.0. The summed E-state index contributed by atoms with van der Waals surface area (Å²) in [6.45, 7) is 4.08. The number of thiophene rings is 1. The van der Waals surface area contributed by atoms with Crippen molar-refractivity contribution in [1.82, 2.24) is 30.1 Å². The van der Waals surface area contributed by atoms with Crippen LogP contribution in [0.2, 0.25) is 0 Å². The molecule has 0 aliphatic heterocycles. The van der Waals surface area contributed by atoms with Gasteiger partial charge in [0.15, 0.2) is 5.65 Å². The van der Waals surface area contributed by atoms with E-state index in [1.54, 1.807) is 29.9 Å². The van der Waals surface area contributed by atoms with E-state index in [4.69, 9.17) is 0 Å². The average molecular weight is 494 g/mol. The van der Waals surface area contributed by atoms with Crippen LogP contribution in [-0.4, -0.2) is 36.0 Å². The van der Waals surface area contributed by atoms with Gasteiger partial charge in [-0.25, -0.2) is 4.98 Å². The Hall–Kier alpha value is -4.37. The molecule has 0 bridgehead atoms. The summed E-state index contributed by atoms with van der Waals surface area (Å²) in [5, 5.41) is 12.5. The van der Waals surface area contributed by atoms with Crippen molar-refractivity contribution in [2.24, 2.45) is 0 Å². The average Bonchev–Trinajstić information content (AvgIpc) is 3.61. The molecule has 0 aromatic carbocycles. The first kappa shape index (κ1) is 22.1. The fourth-order valence-corrected chi connectivity index (χ4v) is 5.23. The van der Waals surface area contributed by atoms with Gasteiger partial charge in [-0.2, -0.15) is 5.10 Å². The third-order valence-corrected chi connectivity index (χ3v) is 7.10. The van der Waals surface area contributed by atoms with E-state index in [1.165, 1.54) is 9.75 Å². The van der Waals surface area contributed by atoms with Gasteiger partial charge in [-0.1, -0.05) is 6.92 Å². The Bertz CT molecular complexity index is 1730. The molecule has 8 nitrogen and oxygen atoms in total. The Morgan fingerprint density at radius 2 is 1.86 bits per heavy atom. The number of amides is 1. The number of hydrogen-bond donors (Lipinski definition) is 3. The van der Waals surface area contributed by atoms with Crippen LogP contribution in [0.4, 0.5) is 5.69 Å². The van der Waals surface area contributed by atoms with E-state index in [1.807, 2.05) is 31.5 Å². The van der Waals surface area contributed by atoms with Crippen molar-refractivity contribution in [3.63, 3.8) is 0 Å². The predicted octanol–water partition coefficient (Wildman–Crippen LogP) is 6.34. The Morgan fingerprint density at radius 3 is 2.69 bits per heavy atom. The zero-order valence-corrected chi connectivity index (χ0v) is 20.6. The fraction of sp³-hybridized carbons (Fsp3) is 0.148. The molecule has 0 saturated carbocycles. The van der Waals surface area contributed by atoms with Crippen LogP contribution in [0.15, 0.2) is 61.3 Å². The Kier molecular flexibility index (Phi) is 5.54. The minimum Gasteiger partial charge on any atom is -0.352 e. The number of hydrogen-bond acceptors (Lipinski definition) is 6. The number of H-pyrrole nitrogens is 2. The van der Waals surface area contributed by atoms with Crippen LogP contribution < -0.4 is 5.32 Å². The number of pyridine rings is 3. The number of rotatable bonds is 6. The van der Waals surface area contributed by atoms with Crippen LogP contribution >= 0.6 is 11.3 Å². The molecule has 0 aliphatic rings. The van der Waals surface area contributed by atoms with E-state index in [0.29, 0.717) is 17.8 Å². The minimum absolute atomic E-state index is 0.0208. The van der Waals surface area contributed by atoms with Crippen molar-refractivity contribution < 1.29 is 4.79 Å². The van der Waals surface area contributed by atoms with Crippen molar-refractivity contribution in [3.8, 4) is 33.0 Å². The summed E-state index contributed by atoms with van der Waals surface area (Å²) in [6.07, 6.45) is 10.2. The van der Waals surface area contributed by atoms with Gasteiger partial charge in [0.05, 0.1) is 35.0 Å². The van der Waals surface area contributed by atoms with Gasteiger partial charge < -0.3 is 10.3 Å². The predicted molar refractivity (Wildman–Crippen MR) is 144 cm³/mol. The number of carbonyl (C=O) groups is 1. The molecular formula is C27H23N7OS. The molecule has 0 aliphatic carbocycles.